The van der Waals surface area contributed by atoms with Gasteiger partial charge in [0.25, 0.3) is 0 Å². The summed E-state index contributed by atoms with van der Waals surface area (Å²) in [5.74, 6) is 0.215. The van der Waals surface area contributed by atoms with Crippen LogP contribution in [-0.2, 0) is 4.79 Å². The average Bonchev–Trinajstić information content (AvgIpc) is 2.68. The number of hydrogen-bond donors (Lipinski definition) is 0. The molecule has 130 valence electrons. The van der Waals surface area contributed by atoms with Crippen LogP contribution in [0.1, 0.15) is 29.2 Å². The Balaban J connectivity index is 1.65. The van der Waals surface area contributed by atoms with E-state index in [0.717, 1.165) is 11.1 Å². The second-order valence-corrected chi connectivity index (χ2v) is 7.87. The van der Waals surface area contributed by atoms with Gasteiger partial charge in [-0.2, -0.15) is 0 Å². The third kappa shape index (κ3) is 3.40. The fourth-order valence-electron chi connectivity index (χ4n) is 3.37. The van der Waals surface area contributed by atoms with E-state index in [-0.39, 0.29) is 17.3 Å². The quantitative estimate of drug-likeness (QED) is 0.566. The van der Waals surface area contributed by atoms with Crippen molar-refractivity contribution < 1.29 is 4.79 Å². The maximum atomic E-state index is 12.6. The first-order valence-corrected chi connectivity index (χ1v) is 9.75. The first-order valence-electron chi connectivity index (χ1n) is 8.87. The number of thioether (sulfide) groups is 1. The SMILES string of the molecule is Cc1ccc(S[C@H]2CC(=O)N2C(c2ccccc2)c2ccccc2)cc1. The van der Waals surface area contributed by atoms with E-state index in [1.807, 2.05) is 41.3 Å². The number of β-lactam (4-membered cyclic amide) rings is 1. The summed E-state index contributed by atoms with van der Waals surface area (Å²) in [6, 6.07) is 29.1. The minimum Gasteiger partial charge on any atom is -0.319 e. The van der Waals surface area contributed by atoms with E-state index < -0.39 is 0 Å². The third-order valence-corrected chi connectivity index (χ3v) is 5.96. The summed E-state index contributed by atoms with van der Waals surface area (Å²) in [6.45, 7) is 2.09. The summed E-state index contributed by atoms with van der Waals surface area (Å²) in [5, 5.41) is 0.163. The number of amides is 1. The van der Waals surface area contributed by atoms with Gasteiger partial charge in [0.1, 0.15) is 0 Å². The van der Waals surface area contributed by atoms with Gasteiger partial charge in [-0.05, 0) is 30.2 Å². The maximum Gasteiger partial charge on any atom is 0.227 e. The smallest absolute Gasteiger partial charge is 0.227 e. The molecule has 1 aliphatic rings. The molecule has 1 heterocycles. The minimum atomic E-state index is -0.0402. The Morgan fingerprint density at radius 1 is 0.846 bits per heavy atom. The van der Waals surface area contributed by atoms with Gasteiger partial charge in [0.2, 0.25) is 5.91 Å². The predicted molar refractivity (Wildman–Crippen MR) is 107 cm³/mol. The Hall–Kier alpha value is -2.52. The molecule has 0 radical (unpaired) electrons. The largest absolute Gasteiger partial charge is 0.319 e. The van der Waals surface area contributed by atoms with E-state index in [4.69, 9.17) is 0 Å². The van der Waals surface area contributed by atoms with E-state index in [1.165, 1.54) is 10.5 Å². The highest BCUT2D eigenvalue weighted by atomic mass is 32.2. The van der Waals surface area contributed by atoms with Gasteiger partial charge >= 0.3 is 0 Å². The van der Waals surface area contributed by atoms with Crippen LogP contribution in [0.25, 0.3) is 0 Å². The second-order valence-electron chi connectivity index (χ2n) is 6.61. The van der Waals surface area contributed by atoms with Crippen LogP contribution in [0, 0.1) is 6.92 Å². The van der Waals surface area contributed by atoms with E-state index in [1.54, 1.807) is 11.8 Å². The number of rotatable bonds is 5. The van der Waals surface area contributed by atoms with Crippen molar-refractivity contribution in [2.75, 3.05) is 0 Å². The Morgan fingerprint density at radius 2 is 1.38 bits per heavy atom. The van der Waals surface area contributed by atoms with Crippen LogP contribution in [0.5, 0.6) is 0 Å². The zero-order valence-electron chi connectivity index (χ0n) is 14.7. The lowest BCUT2D eigenvalue weighted by molar-refractivity contribution is -0.144. The van der Waals surface area contributed by atoms with Gasteiger partial charge in [-0.15, -0.1) is 11.8 Å². The van der Waals surface area contributed by atoms with Crippen LogP contribution in [0.2, 0.25) is 0 Å². The molecule has 2 nitrogen and oxygen atoms in total. The summed E-state index contributed by atoms with van der Waals surface area (Å²) in [7, 11) is 0. The number of aryl methyl sites for hydroxylation is 1. The van der Waals surface area contributed by atoms with Gasteiger partial charge in [-0.25, -0.2) is 0 Å². The van der Waals surface area contributed by atoms with Crippen molar-refractivity contribution in [2.45, 2.75) is 29.7 Å². The van der Waals surface area contributed by atoms with Gasteiger partial charge in [-0.1, -0.05) is 78.4 Å². The summed E-state index contributed by atoms with van der Waals surface area (Å²) in [6.07, 6.45) is 0.592. The molecular weight excluding hydrogens is 338 g/mol. The Kier molecular flexibility index (Phi) is 4.81. The summed E-state index contributed by atoms with van der Waals surface area (Å²) < 4.78 is 0. The van der Waals surface area contributed by atoms with Gasteiger partial charge in [0.05, 0.1) is 17.8 Å². The maximum absolute atomic E-state index is 12.6. The molecule has 4 rings (SSSR count). The Bertz CT molecular complexity index is 838. The molecule has 0 spiro atoms. The molecule has 1 atom stereocenters. The predicted octanol–water partition coefficient (Wildman–Crippen LogP) is 5.44. The molecule has 0 aliphatic carbocycles. The molecule has 1 aliphatic heterocycles. The molecule has 0 aromatic heterocycles. The van der Waals surface area contributed by atoms with Crippen molar-refractivity contribution in [3.63, 3.8) is 0 Å². The molecule has 0 unspecified atom stereocenters. The minimum absolute atomic E-state index is 0.0402. The number of likely N-dealkylation sites (tertiary alicyclic amines) is 1. The standard InChI is InChI=1S/C23H21NOS/c1-17-12-14-20(15-13-17)26-22-16-21(25)24(22)23(18-8-4-2-5-9-18)19-10-6-3-7-11-19/h2-15,22-23H,16H2,1H3/t22-/m0/s1. The molecule has 0 bridgehead atoms. The molecule has 3 aromatic rings. The van der Waals surface area contributed by atoms with Crippen molar-refractivity contribution in [3.05, 3.63) is 102 Å². The highest BCUT2D eigenvalue weighted by Crippen LogP contribution is 2.43. The number of hydrogen-bond acceptors (Lipinski definition) is 2. The molecule has 26 heavy (non-hydrogen) atoms. The lowest BCUT2D eigenvalue weighted by Gasteiger charge is -2.45. The normalized spacial score (nSPS) is 16.6. The van der Waals surface area contributed by atoms with Crippen LogP contribution >= 0.6 is 11.8 Å². The molecule has 0 saturated carbocycles. The van der Waals surface area contributed by atoms with Crippen molar-refractivity contribution in [2.24, 2.45) is 0 Å². The third-order valence-electron chi connectivity index (χ3n) is 4.75. The van der Waals surface area contributed by atoms with Crippen LogP contribution < -0.4 is 0 Å². The van der Waals surface area contributed by atoms with Crippen LogP contribution in [0.3, 0.4) is 0 Å². The molecule has 3 heteroatoms. The lowest BCUT2D eigenvalue weighted by Crippen LogP contribution is -2.52. The van der Waals surface area contributed by atoms with E-state index >= 15 is 0 Å². The Morgan fingerprint density at radius 3 is 1.88 bits per heavy atom. The molecular formula is C23H21NOS. The number of carbonyl (C=O) groups excluding carboxylic acids is 1. The molecule has 0 N–H and O–H groups in total. The zero-order valence-corrected chi connectivity index (χ0v) is 15.5. The van der Waals surface area contributed by atoms with Crippen molar-refractivity contribution in [1.82, 2.24) is 4.90 Å². The molecule has 3 aromatic carbocycles. The average molecular weight is 359 g/mol. The number of carbonyl (C=O) groups is 1. The number of benzene rings is 3. The van der Waals surface area contributed by atoms with Crippen molar-refractivity contribution in [1.29, 1.82) is 0 Å². The molecule has 1 fully saturated rings. The van der Waals surface area contributed by atoms with Gasteiger partial charge in [0.15, 0.2) is 0 Å². The lowest BCUT2D eigenvalue weighted by atomic mass is 9.94. The summed E-state index contributed by atoms with van der Waals surface area (Å²) >= 11 is 1.77. The summed E-state index contributed by atoms with van der Waals surface area (Å²) in [4.78, 5) is 15.8. The van der Waals surface area contributed by atoms with Crippen LogP contribution in [0.15, 0.2) is 89.8 Å². The molecule has 1 amide bonds. The number of nitrogens with zero attached hydrogens (tertiary/aromatic N) is 1. The first-order chi connectivity index (χ1) is 12.7. The van der Waals surface area contributed by atoms with Gasteiger partial charge in [-0.3, -0.25) is 4.79 Å². The molecule has 1 saturated heterocycles. The topological polar surface area (TPSA) is 20.3 Å². The highest BCUT2D eigenvalue weighted by Gasteiger charge is 2.42. The second kappa shape index (κ2) is 7.38. The van der Waals surface area contributed by atoms with Crippen molar-refractivity contribution in [3.8, 4) is 0 Å². The van der Waals surface area contributed by atoms with E-state index in [0.29, 0.717) is 6.42 Å². The fraction of sp³-hybridized carbons (Fsp3) is 0.174. The zero-order chi connectivity index (χ0) is 17.9. The fourth-order valence-corrected chi connectivity index (χ4v) is 4.55. The monoisotopic (exact) mass is 359 g/mol. The van der Waals surface area contributed by atoms with E-state index in [9.17, 15) is 4.79 Å². The van der Waals surface area contributed by atoms with Crippen LogP contribution in [0.4, 0.5) is 0 Å². The van der Waals surface area contributed by atoms with Crippen LogP contribution in [-0.4, -0.2) is 16.2 Å². The van der Waals surface area contributed by atoms with Gasteiger partial charge in [0, 0.05) is 4.90 Å². The van der Waals surface area contributed by atoms with E-state index in [2.05, 4.69) is 55.5 Å². The summed E-state index contributed by atoms with van der Waals surface area (Å²) in [5.41, 5.74) is 3.56. The van der Waals surface area contributed by atoms with Crippen molar-refractivity contribution >= 4 is 17.7 Å². The first kappa shape index (κ1) is 16.9. The Labute approximate surface area is 158 Å². The van der Waals surface area contributed by atoms with Gasteiger partial charge < -0.3 is 4.90 Å². The highest BCUT2D eigenvalue weighted by molar-refractivity contribution is 8.00.